The molecule has 0 radical (unpaired) electrons. The van der Waals surface area contributed by atoms with Crippen LogP contribution in [0.4, 0.5) is 0 Å². The van der Waals surface area contributed by atoms with Crippen LogP contribution in [0.15, 0.2) is 24.3 Å². The lowest BCUT2D eigenvalue weighted by Gasteiger charge is -2.20. The third kappa shape index (κ3) is 40.4. The van der Waals surface area contributed by atoms with E-state index in [4.69, 9.17) is 23.6 Å². The molecule has 0 aromatic carbocycles. The highest BCUT2D eigenvalue weighted by Gasteiger charge is 2.27. The van der Waals surface area contributed by atoms with Crippen molar-refractivity contribution in [3.05, 3.63) is 24.3 Å². The second-order valence-electron chi connectivity index (χ2n) is 15.1. The van der Waals surface area contributed by atoms with Crippen LogP contribution in [-0.2, 0) is 32.7 Å². The molecule has 11 heteroatoms. The number of rotatable bonds is 42. The molecule has 0 aliphatic carbocycles. The van der Waals surface area contributed by atoms with Crippen molar-refractivity contribution < 1.29 is 47.8 Å². The van der Waals surface area contributed by atoms with Gasteiger partial charge in [0.15, 0.2) is 6.10 Å². The second-order valence-corrected chi connectivity index (χ2v) is 16.5. The average Bonchev–Trinajstić information content (AvgIpc) is 3.17. The lowest BCUT2D eigenvalue weighted by Crippen LogP contribution is -2.29. The number of aliphatic hydroxyl groups is 2. The summed E-state index contributed by atoms with van der Waals surface area (Å²) in [5.74, 6) is -0.925. The molecule has 0 bridgehead atoms. The molecule has 55 heavy (non-hydrogen) atoms. The van der Waals surface area contributed by atoms with Crippen molar-refractivity contribution in [3.63, 3.8) is 0 Å². The van der Waals surface area contributed by atoms with Crippen LogP contribution in [0.25, 0.3) is 0 Å². The highest BCUT2D eigenvalue weighted by atomic mass is 31.2. The number of carbonyl (C=O) groups excluding carboxylic acids is 2. The molecular weight excluding hydrogens is 719 g/mol. The molecule has 0 spiro atoms. The first-order chi connectivity index (χ1) is 26.7. The molecule has 3 N–H and O–H groups in total. The molecule has 0 aliphatic rings. The number of unbranched alkanes of at least 4 members (excludes halogenated alkanes) is 24. The molecule has 0 saturated carbocycles. The SMILES string of the molecule is CCCCC/C=C\C/C=C\CCCCCCCCCC(=O)OC(COC(=O)CCCCCCCCCCCCCCCCC)COP(=O)(O)OCC(O)CO. The molecular formula is C44H83O10P. The van der Waals surface area contributed by atoms with Crippen LogP contribution in [0.2, 0.25) is 0 Å². The fourth-order valence-electron chi connectivity index (χ4n) is 6.14. The molecule has 0 rings (SSSR count). The average molecular weight is 803 g/mol. The van der Waals surface area contributed by atoms with Gasteiger partial charge in [-0.25, -0.2) is 4.57 Å². The third-order valence-corrected chi connectivity index (χ3v) is 10.6. The number of hydrogen-bond donors (Lipinski definition) is 3. The summed E-state index contributed by atoms with van der Waals surface area (Å²) >= 11 is 0. The molecule has 0 aromatic heterocycles. The first-order valence-electron chi connectivity index (χ1n) is 22.3. The van der Waals surface area contributed by atoms with Gasteiger partial charge in [-0.15, -0.1) is 0 Å². The Kier molecular flexibility index (Phi) is 39.5. The summed E-state index contributed by atoms with van der Waals surface area (Å²) in [5, 5.41) is 18.3. The standard InChI is InChI=1S/C44H83O10P/c1-3-5-7-9-11-13-15-17-19-20-22-24-26-28-30-32-34-36-44(48)54-42(40-53-55(49,50)52-38-41(46)37-45)39-51-43(47)35-33-31-29-27-25-23-21-18-16-14-12-10-8-6-4-2/h11,13,17,19,41-42,45-46H,3-10,12,14-16,18,20-40H2,1-2H3,(H,49,50)/b13-11-,19-17-. The number of phosphoric ester groups is 1. The number of allylic oxidation sites excluding steroid dienone is 4. The number of phosphoric acid groups is 1. The van der Waals surface area contributed by atoms with Gasteiger partial charge in [-0.2, -0.15) is 0 Å². The Morgan fingerprint density at radius 1 is 0.545 bits per heavy atom. The number of esters is 2. The Bertz CT molecular complexity index is 972. The molecule has 324 valence electrons. The van der Waals surface area contributed by atoms with Gasteiger partial charge in [-0.05, 0) is 44.9 Å². The van der Waals surface area contributed by atoms with Crippen molar-refractivity contribution in [3.8, 4) is 0 Å². The van der Waals surface area contributed by atoms with Crippen LogP contribution in [-0.4, -0.2) is 65.7 Å². The van der Waals surface area contributed by atoms with Crippen molar-refractivity contribution >= 4 is 19.8 Å². The van der Waals surface area contributed by atoms with Gasteiger partial charge < -0.3 is 24.6 Å². The second kappa shape index (κ2) is 40.6. The van der Waals surface area contributed by atoms with Gasteiger partial charge in [0.25, 0.3) is 0 Å². The largest absolute Gasteiger partial charge is 0.472 e. The number of ether oxygens (including phenoxy) is 2. The summed E-state index contributed by atoms with van der Waals surface area (Å²) in [7, 11) is -4.62. The van der Waals surface area contributed by atoms with E-state index in [-0.39, 0.29) is 19.4 Å². The highest BCUT2D eigenvalue weighted by Crippen LogP contribution is 2.43. The minimum Gasteiger partial charge on any atom is -0.462 e. The Labute approximate surface area is 336 Å². The van der Waals surface area contributed by atoms with E-state index >= 15 is 0 Å². The zero-order valence-corrected chi connectivity index (χ0v) is 36.0. The van der Waals surface area contributed by atoms with Crippen LogP contribution in [0.1, 0.15) is 206 Å². The van der Waals surface area contributed by atoms with Crippen LogP contribution >= 0.6 is 7.82 Å². The molecule has 0 aromatic rings. The van der Waals surface area contributed by atoms with E-state index in [0.29, 0.717) is 12.8 Å². The van der Waals surface area contributed by atoms with Gasteiger partial charge in [-0.3, -0.25) is 18.6 Å². The Balaban J connectivity index is 4.27. The van der Waals surface area contributed by atoms with E-state index in [0.717, 1.165) is 51.4 Å². The minimum atomic E-state index is -4.62. The molecule has 3 atom stereocenters. The van der Waals surface area contributed by atoms with E-state index in [2.05, 4.69) is 38.2 Å². The maximum absolute atomic E-state index is 12.6. The van der Waals surface area contributed by atoms with Crippen molar-refractivity contribution in [2.24, 2.45) is 0 Å². The normalized spacial score (nSPS) is 14.1. The molecule has 0 saturated heterocycles. The number of hydrogen-bond acceptors (Lipinski definition) is 9. The predicted octanol–water partition coefficient (Wildman–Crippen LogP) is 11.8. The monoisotopic (exact) mass is 803 g/mol. The van der Waals surface area contributed by atoms with Gasteiger partial charge in [-0.1, -0.05) is 173 Å². The van der Waals surface area contributed by atoms with Gasteiger partial charge >= 0.3 is 19.8 Å². The predicted molar refractivity (Wildman–Crippen MR) is 224 cm³/mol. The smallest absolute Gasteiger partial charge is 0.462 e. The lowest BCUT2D eigenvalue weighted by molar-refractivity contribution is -0.161. The van der Waals surface area contributed by atoms with Crippen LogP contribution in [0, 0.1) is 0 Å². The van der Waals surface area contributed by atoms with Gasteiger partial charge in [0.1, 0.15) is 12.7 Å². The van der Waals surface area contributed by atoms with E-state index < -0.39 is 51.8 Å². The van der Waals surface area contributed by atoms with Crippen LogP contribution in [0.3, 0.4) is 0 Å². The summed E-state index contributed by atoms with van der Waals surface area (Å²) in [4.78, 5) is 35.0. The first kappa shape index (κ1) is 53.5. The van der Waals surface area contributed by atoms with Crippen LogP contribution in [0.5, 0.6) is 0 Å². The zero-order valence-electron chi connectivity index (χ0n) is 35.2. The maximum Gasteiger partial charge on any atom is 0.472 e. The molecule has 10 nitrogen and oxygen atoms in total. The van der Waals surface area contributed by atoms with Crippen LogP contribution < -0.4 is 0 Å². The fourth-order valence-corrected chi connectivity index (χ4v) is 6.93. The topological polar surface area (TPSA) is 149 Å². The minimum absolute atomic E-state index is 0.178. The Morgan fingerprint density at radius 2 is 0.945 bits per heavy atom. The number of aliphatic hydroxyl groups excluding tert-OH is 2. The van der Waals surface area contributed by atoms with E-state index in [1.54, 1.807) is 0 Å². The lowest BCUT2D eigenvalue weighted by atomic mass is 10.0. The summed E-state index contributed by atoms with van der Waals surface area (Å²) < 4.78 is 32.7. The zero-order chi connectivity index (χ0) is 40.5. The van der Waals surface area contributed by atoms with E-state index in [9.17, 15) is 24.2 Å². The quantitative estimate of drug-likeness (QED) is 0.0236. The van der Waals surface area contributed by atoms with E-state index in [1.165, 1.54) is 116 Å². The van der Waals surface area contributed by atoms with E-state index in [1.807, 2.05) is 0 Å². The maximum atomic E-state index is 12.6. The van der Waals surface area contributed by atoms with Gasteiger partial charge in [0, 0.05) is 12.8 Å². The van der Waals surface area contributed by atoms with Crippen molar-refractivity contribution in [2.75, 3.05) is 26.4 Å². The highest BCUT2D eigenvalue weighted by molar-refractivity contribution is 7.47. The van der Waals surface area contributed by atoms with Gasteiger partial charge in [0.05, 0.1) is 19.8 Å². The molecule has 0 fully saturated rings. The number of carbonyl (C=O) groups is 2. The Hall–Kier alpha value is -1.55. The third-order valence-electron chi connectivity index (χ3n) is 9.61. The fraction of sp³-hybridized carbons (Fsp3) is 0.864. The molecule has 0 aliphatic heterocycles. The molecule has 0 amide bonds. The summed E-state index contributed by atoms with van der Waals surface area (Å²) in [5.41, 5.74) is 0. The summed E-state index contributed by atoms with van der Waals surface area (Å²) in [6.45, 7) is 2.37. The summed E-state index contributed by atoms with van der Waals surface area (Å²) in [6.07, 6.45) is 39.9. The Morgan fingerprint density at radius 3 is 1.44 bits per heavy atom. The van der Waals surface area contributed by atoms with Crippen molar-refractivity contribution in [1.29, 1.82) is 0 Å². The molecule has 3 unspecified atom stereocenters. The summed E-state index contributed by atoms with van der Waals surface area (Å²) in [6, 6.07) is 0. The van der Waals surface area contributed by atoms with Crippen molar-refractivity contribution in [2.45, 2.75) is 219 Å². The van der Waals surface area contributed by atoms with Gasteiger partial charge in [0.2, 0.25) is 0 Å². The molecule has 0 heterocycles. The first-order valence-corrected chi connectivity index (χ1v) is 23.8. The van der Waals surface area contributed by atoms with Crippen molar-refractivity contribution in [1.82, 2.24) is 0 Å².